The van der Waals surface area contributed by atoms with Crippen LogP contribution in [0.2, 0.25) is 0 Å². The van der Waals surface area contributed by atoms with Crippen LogP contribution in [0.3, 0.4) is 0 Å². The smallest absolute Gasteiger partial charge is 0.00747 e. The van der Waals surface area contributed by atoms with Crippen LogP contribution in [0.1, 0.15) is 81.6 Å². The predicted octanol–water partition coefficient (Wildman–Crippen LogP) is 5.49. The van der Waals surface area contributed by atoms with Gasteiger partial charge in [0, 0.05) is 0 Å². The second-order valence-electron chi connectivity index (χ2n) is 9.13. The highest BCUT2D eigenvalue weighted by Crippen LogP contribution is 2.49. The van der Waals surface area contributed by atoms with Gasteiger partial charge in [-0.3, -0.25) is 0 Å². The van der Waals surface area contributed by atoms with Crippen LogP contribution in [-0.4, -0.2) is 6.54 Å². The molecule has 0 aromatic carbocycles. The Labute approximate surface area is 122 Å². The van der Waals surface area contributed by atoms with E-state index in [1.807, 2.05) is 0 Å². The zero-order chi connectivity index (χ0) is 15.5. The molecule has 0 heterocycles. The molecule has 0 fully saturated rings. The minimum Gasteiger partial charge on any atom is -0.330 e. The Hall–Kier alpha value is -0.0400. The molecular weight excluding hydrogens is 230 g/mol. The third-order valence-electron chi connectivity index (χ3n) is 5.65. The third-order valence-corrected chi connectivity index (χ3v) is 5.65. The van der Waals surface area contributed by atoms with Crippen molar-refractivity contribution in [1.29, 1.82) is 0 Å². The maximum Gasteiger partial charge on any atom is -0.00747 e. The second-order valence-corrected chi connectivity index (χ2v) is 9.13. The van der Waals surface area contributed by atoms with E-state index in [1.54, 1.807) is 0 Å². The van der Waals surface area contributed by atoms with Gasteiger partial charge in [0.15, 0.2) is 0 Å². The van der Waals surface area contributed by atoms with Crippen LogP contribution in [-0.2, 0) is 0 Å². The fourth-order valence-electron chi connectivity index (χ4n) is 2.88. The fraction of sp³-hybridized carbons (Fsp3) is 1.00. The minimum absolute atomic E-state index is 0.362. The van der Waals surface area contributed by atoms with Gasteiger partial charge in [-0.05, 0) is 53.9 Å². The molecule has 0 radical (unpaired) electrons. The monoisotopic (exact) mass is 269 g/mol. The molecule has 0 saturated heterocycles. The van der Waals surface area contributed by atoms with E-state index in [-0.39, 0.29) is 0 Å². The lowest BCUT2D eigenvalue weighted by atomic mass is 9.59. The maximum absolute atomic E-state index is 5.70. The molecule has 0 spiro atoms. The van der Waals surface area contributed by atoms with E-state index >= 15 is 0 Å². The predicted molar refractivity (Wildman–Crippen MR) is 88.3 cm³/mol. The van der Waals surface area contributed by atoms with Gasteiger partial charge in [-0.15, -0.1) is 0 Å². The van der Waals surface area contributed by atoms with Crippen molar-refractivity contribution in [2.24, 2.45) is 33.8 Å². The first-order chi connectivity index (χ1) is 8.33. The van der Waals surface area contributed by atoms with Gasteiger partial charge in [-0.25, -0.2) is 0 Å². The van der Waals surface area contributed by atoms with Crippen molar-refractivity contribution >= 4 is 0 Å². The quantitative estimate of drug-likeness (QED) is 0.650. The van der Waals surface area contributed by atoms with Crippen LogP contribution >= 0.6 is 0 Å². The van der Waals surface area contributed by atoms with E-state index < -0.39 is 0 Å². The van der Waals surface area contributed by atoms with E-state index in [2.05, 4.69) is 62.3 Å². The minimum atomic E-state index is 0.362. The molecule has 0 aliphatic heterocycles. The molecule has 0 rings (SSSR count). The molecule has 0 aromatic rings. The van der Waals surface area contributed by atoms with Crippen LogP contribution in [0.4, 0.5) is 0 Å². The summed E-state index contributed by atoms with van der Waals surface area (Å²) in [7, 11) is 0. The highest BCUT2D eigenvalue weighted by Gasteiger charge is 2.40. The molecule has 0 bridgehead atoms. The average Bonchev–Trinajstić information content (AvgIpc) is 2.14. The van der Waals surface area contributed by atoms with Gasteiger partial charge in [0.25, 0.3) is 0 Å². The summed E-state index contributed by atoms with van der Waals surface area (Å²) in [5.74, 6) is 1.47. The summed E-state index contributed by atoms with van der Waals surface area (Å²) in [6, 6.07) is 0. The molecule has 0 amide bonds. The number of rotatable bonds is 7. The molecule has 0 aromatic heterocycles. The Morgan fingerprint density at radius 2 is 1.21 bits per heavy atom. The first-order valence-electron chi connectivity index (χ1n) is 8.03. The van der Waals surface area contributed by atoms with Crippen LogP contribution < -0.4 is 5.73 Å². The standard InChI is InChI=1S/C18H39N/c1-14(10-11-19)12-17(6,7)18(8,9)13-15(2)16(3,4)5/h14-15H,10-13,19H2,1-9H3. The van der Waals surface area contributed by atoms with E-state index in [4.69, 9.17) is 5.73 Å². The molecule has 116 valence electrons. The van der Waals surface area contributed by atoms with Crippen molar-refractivity contribution in [2.75, 3.05) is 6.54 Å². The summed E-state index contributed by atoms with van der Waals surface area (Å²) in [6.07, 6.45) is 3.71. The van der Waals surface area contributed by atoms with Crippen molar-refractivity contribution in [3.63, 3.8) is 0 Å². The molecule has 0 aliphatic rings. The van der Waals surface area contributed by atoms with Crippen molar-refractivity contribution < 1.29 is 0 Å². The summed E-state index contributed by atoms with van der Waals surface area (Å²) < 4.78 is 0. The van der Waals surface area contributed by atoms with Gasteiger partial charge in [-0.2, -0.15) is 0 Å². The van der Waals surface area contributed by atoms with E-state index in [9.17, 15) is 0 Å². The number of hydrogen-bond donors (Lipinski definition) is 1. The number of hydrogen-bond acceptors (Lipinski definition) is 1. The van der Waals surface area contributed by atoms with Crippen LogP contribution in [0.25, 0.3) is 0 Å². The Morgan fingerprint density at radius 1 is 0.789 bits per heavy atom. The molecule has 1 nitrogen and oxygen atoms in total. The molecule has 1 heteroatoms. The van der Waals surface area contributed by atoms with Gasteiger partial charge in [0.2, 0.25) is 0 Å². The molecule has 2 atom stereocenters. The molecule has 0 saturated carbocycles. The highest BCUT2D eigenvalue weighted by atomic mass is 14.5. The summed E-state index contributed by atoms with van der Waals surface area (Å²) >= 11 is 0. The van der Waals surface area contributed by atoms with Gasteiger partial charge in [-0.1, -0.05) is 62.3 Å². The summed E-state index contributed by atoms with van der Waals surface area (Å²) in [5.41, 5.74) is 6.82. The Balaban J connectivity index is 4.77. The largest absolute Gasteiger partial charge is 0.330 e. The number of nitrogens with two attached hydrogens (primary N) is 1. The highest BCUT2D eigenvalue weighted by molar-refractivity contribution is 4.90. The first kappa shape index (κ1) is 19.0. The van der Waals surface area contributed by atoms with Gasteiger partial charge in [0.1, 0.15) is 0 Å². The fourth-order valence-corrected chi connectivity index (χ4v) is 2.88. The van der Waals surface area contributed by atoms with Crippen LogP contribution in [0, 0.1) is 28.1 Å². The lowest BCUT2D eigenvalue weighted by Gasteiger charge is -2.47. The Bertz CT molecular complexity index is 257. The molecule has 19 heavy (non-hydrogen) atoms. The van der Waals surface area contributed by atoms with Gasteiger partial charge in [0.05, 0.1) is 0 Å². The van der Waals surface area contributed by atoms with Gasteiger partial charge >= 0.3 is 0 Å². The zero-order valence-corrected chi connectivity index (χ0v) is 15.1. The van der Waals surface area contributed by atoms with Gasteiger partial charge < -0.3 is 5.73 Å². The lowest BCUT2D eigenvalue weighted by Crippen LogP contribution is -2.37. The maximum atomic E-state index is 5.70. The van der Waals surface area contributed by atoms with Crippen molar-refractivity contribution in [3.8, 4) is 0 Å². The lowest BCUT2D eigenvalue weighted by molar-refractivity contribution is 0.0346. The summed E-state index contributed by atoms with van der Waals surface area (Å²) in [4.78, 5) is 0. The summed E-state index contributed by atoms with van der Waals surface area (Å²) in [5, 5.41) is 0. The zero-order valence-electron chi connectivity index (χ0n) is 15.1. The topological polar surface area (TPSA) is 26.0 Å². The normalized spacial score (nSPS) is 17.4. The molecule has 0 aliphatic carbocycles. The Kier molecular flexibility index (Phi) is 6.59. The van der Waals surface area contributed by atoms with E-state index in [0.717, 1.165) is 24.8 Å². The van der Waals surface area contributed by atoms with E-state index in [1.165, 1.54) is 12.8 Å². The second kappa shape index (κ2) is 6.61. The molecular formula is C18H39N. The first-order valence-corrected chi connectivity index (χ1v) is 8.03. The van der Waals surface area contributed by atoms with Crippen molar-refractivity contribution in [2.45, 2.75) is 81.6 Å². The summed E-state index contributed by atoms with van der Waals surface area (Å²) in [6.45, 7) is 22.4. The van der Waals surface area contributed by atoms with Crippen molar-refractivity contribution in [1.82, 2.24) is 0 Å². The third kappa shape index (κ3) is 5.85. The SMILES string of the molecule is CC(CCN)CC(C)(C)C(C)(C)CC(C)C(C)(C)C. The van der Waals surface area contributed by atoms with E-state index in [0.29, 0.717) is 16.2 Å². The Morgan fingerprint density at radius 3 is 1.58 bits per heavy atom. The van der Waals surface area contributed by atoms with Crippen LogP contribution in [0.15, 0.2) is 0 Å². The molecule has 2 unspecified atom stereocenters. The van der Waals surface area contributed by atoms with Crippen LogP contribution in [0.5, 0.6) is 0 Å². The molecule has 2 N–H and O–H groups in total. The average molecular weight is 270 g/mol. The van der Waals surface area contributed by atoms with Crippen molar-refractivity contribution in [3.05, 3.63) is 0 Å².